The third kappa shape index (κ3) is 4.11. The Kier molecular flexibility index (Phi) is 5.88. The lowest BCUT2D eigenvalue weighted by Crippen LogP contribution is -2.50. The van der Waals surface area contributed by atoms with Crippen molar-refractivity contribution in [3.8, 4) is 17.2 Å². The molecule has 2 fully saturated rings. The van der Waals surface area contributed by atoms with Gasteiger partial charge in [-0.05, 0) is 49.4 Å². The zero-order chi connectivity index (χ0) is 21.9. The van der Waals surface area contributed by atoms with Crippen LogP contribution in [0.1, 0.15) is 42.5 Å². The van der Waals surface area contributed by atoms with Crippen LogP contribution in [0, 0.1) is 5.92 Å². The third-order valence-electron chi connectivity index (χ3n) is 6.66. The van der Waals surface area contributed by atoms with Gasteiger partial charge in [0, 0.05) is 17.7 Å². The van der Waals surface area contributed by atoms with E-state index in [1.807, 2.05) is 47.4 Å². The number of benzene rings is 2. The van der Waals surface area contributed by atoms with Gasteiger partial charge in [0.05, 0.1) is 6.54 Å². The van der Waals surface area contributed by atoms with Crippen LogP contribution in [0.2, 0.25) is 0 Å². The number of hydrogen-bond acceptors (Lipinski definition) is 5. The minimum absolute atomic E-state index is 0.0447. The van der Waals surface area contributed by atoms with E-state index in [1.165, 1.54) is 6.42 Å². The van der Waals surface area contributed by atoms with E-state index in [9.17, 15) is 9.59 Å². The molecule has 2 aromatic carbocycles. The van der Waals surface area contributed by atoms with Gasteiger partial charge >= 0.3 is 0 Å². The summed E-state index contributed by atoms with van der Waals surface area (Å²) in [5.41, 5.74) is 0.641. The van der Waals surface area contributed by atoms with Crippen LogP contribution in [-0.2, 0) is 4.79 Å². The lowest BCUT2D eigenvalue weighted by atomic mass is 9.84. The topological polar surface area (TPSA) is 77.1 Å². The molecule has 0 aromatic heterocycles. The van der Waals surface area contributed by atoms with Crippen LogP contribution in [-0.4, -0.2) is 48.7 Å². The average Bonchev–Trinajstić information content (AvgIpc) is 3.46. The van der Waals surface area contributed by atoms with Crippen molar-refractivity contribution in [1.29, 1.82) is 0 Å². The van der Waals surface area contributed by atoms with Gasteiger partial charge in [-0.25, -0.2) is 0 Å². The molecule has 1 saturated carbocycles. The predicted octanol–water partition coefficient (Wildman–Crippen LogP) is 3.38. The van der Waals surface area contributed by atoms with Crippen molar-refractivity contribution in [1.82, 2.24) is 10.2 Å². The first-order valence-electron chi connectivity index (χ1n) is 11.4. The van der Waals surface area contributed by atoms with E-state index in [1.54, 1.807) is 6.07 Å². The Labute approximate surface area is 187 Å². The summed E-state index contributed by atoms with van der Waals surface area (Å²) in [6.07, 6.45) is 5.07. The van der Waals surface area contributed by atoms with Crippen molar-refractivity contribution in [2.24, 2.45) is 5.92 Å². The summed E-state index contributed by atoms with van der Waals surface area (Å²) in [5, 5.41) is 2.98. The van der Waals surface area contributed by atoms with Gasteiger partial charge in [0.15, 0.2) is 11.5 Å². The Hall–Kier alpha value is -3.22. The van der Waals surface area contributed by atoms with E-state index in [0.717, 1.165) is 25.7 Å². The molecule has 1 N–H and O–H groups in total. The second-order valence-electron chi connectivity index (χ2n) is 8.60. The van der Waals surface area contributed by atoms with Gasteiger partial charge in [-0.2, -0.15) is 0 Å². The number of hydrogen-bond donors (Lipinski definition) is 1. The number of rotatable bonds is 6. The molecule has 7 nitrogen and oxygen atoms in total. The van der Waals surface area contributed by atoms with E-state index in [4.69, 9.17) is 14.2 Å². The Balaban J connectivity index is 1.21. The summed E-state index contributed by atoms with van der Waals surface area (Å²) in [4.78, 5) is 28.3. The highest BCUT2D eigenvalue weighted by Gasteiger charge is 2.47. The van der Waals surface area contributed by atoms with Gasteiger partial charge in [0.2, 0.25) is 12.7 Å². The van der Waals surface area contributed by atoms with Gasteiger partial charge < -0.3 is 24.4 Å². The third-order valence-corrected chi connectivity index (χ3v) is 6.66. The highest BCUT2D eigenvalue weighted by molar-refractivity contribution is 5.98. The molecule has 3 atom stereocenters. The maximum Gasteiger partial charge on any atom is 0.254 e. The van der Waals surface area contributed by atoms with Crippen molar-refractivity contribution in [3.05, 3.63) is 54.1 Å². The van der Waals surface area contributed by atoms with Gasteiger partial charge in [0.1, 0.15) is 18.4 Å². The maximum atomic E-state index is 13.3. The molecule has 0 spiro atoms. The molecule has 3 aliphatic rings. The van der Waals surface area contributed by atoms with Crippen molar-refractivity contribution in [3.63, 3.8) is 0 Å². The van der Waals surface area contributed by atoms with E-state index in [2.05, 4.69) is 5.32 Å². The standard InChI is InChI=1S/C25H28N2O5/c28-24(26-12-13-30-19-10-11-22-23(15-19)32-16-31-22)21-14-18-8-4-5-9-20(18)27(21)25(29)17-6-2-1-3-7-17/h1-3,6-7,10-11,15,18,20-21H,4-5,8-9,12-14,16H2,(H,26,28). The first-order chi connectivity index (χ1) is 15.7. The summed E-state index contributed by atoms with van der Waals surface area (Å²) < 4.78 is 16.4. The lowest BCUT2D eigenvalue weighted by molar-refractivity contribution is -0.125. The Morgan fingerprint density at radius 2 is 1.84 bits per heavy atom. The fourth-order valence-electron chi connectivity index (χ4n) is 5.14. The minimum atomic E-state index is -0.429. The Morgan fingerprint density at radius 3 is 2.72 bits per heavy atom. The molecule has 1 aliphatic carbocycles. The molecule has 2 aliphatic heterocycles. The van der Waals surface area contributed by atoms with Gasteiger partial charge in [-0.1, -0.05) is 31.0 Å². The zero-order valence-corrected chi connectivity index (χ0v) is 18.0. The summed E-state index contributed by atoms with van der Waals surface area (Å²) in [5.74, 6) is 2.29. The largest absolute Gasteiger partial charge is 0.492 e. The molecular formula is C25H28N2O5. The molecule has 168 valence electrons. The van der Waals surface area contributed by atoms with Gasteiger partial charge in [-0.15, -0.1) is 0 Å². The number of nitrogens with one attached hydrogen (secondary N) is 1. The number of amides is 2. The predicted molar refractivity (Wildman–Crippen MR) is 118 cm³/mol. The van der Waals surface area contributed by atoms with E-state index in [-0.39, 0.29) is 24.6 Å². The molecule has 5 rings (SSSR count). The molecule has 32 heavy (non-hydrogen) atoms. The monoisotopic (exact) mass is 436 g/mol. The molecule has 2 heterocycles. The summed E-state index contributed by atoms with van der Waals surface area (Å²) >= 11 is 0. The number of ether oxygens (including phenoxy) is 3. The lowest BCUT2D eigenvalue weighted by Gasteiger charge is -2.33. The SMILES string of the molecule is O=C(NCCOc1ccc2c(c1)OCO2)C1CC2CCCCC2N1C(=O)c1ccccc1. The van der Waals surface area contributed by atoms with Gasteiger partial charge in [0.25, 0.3) is 5.91 Å². The smallest absolute Gasteiger partial charge is 0.254 e. The van der Waals surface area contributed by atoms with E-state index >= 15 is 0 Å². The highest BCUT2D eigenvalue weighted by atomic mass is 16.7. The van der Waals surface area contributed by atoms with Crippen LogP contribution in [0.4, 0.5) is 0 Å². The molecule has 0 bridgehead atoms. The number of nitrogens with zero attached hydrogens (tertiary/aromatic N) is 1. The molecule has 7 heteroatoms. The van der Waals surface area contributed by atoms with Crippen molar-refractivity contribution in [2.75, 3.05) is 19.9 Å². The second kappa shape index (κ2) is 9.10. The zero-order valence-electron chi connectivity index (χ0n) is 18.0. The summed E-state index contributed by atoms with van der Waals surface area (Å²) in [7, 11) is 0. The van der Waals surface area contributed by atoms with Crippen LogP contribution >= 0.6 is 0 Å². The maximum absolute atomic E-state index is 13.3. The van der Waals surface area contributed by atoms with E-state index in [0.29, 0.717) is 41.9 Å². The molecule has 0 radical (unpaired) electrons. The highest BCUT2D eigenvalue weighted by Crippen LogP contribution is 2.40. The van der Waals surface area contributed by atoms with Crippen molar-refractivity contribution < 1.29 is 23.8 Å². The second-order valence-corrected chi connectivity index (χ2v) is 8.60. The first kappa shape index (κ1) is 20.7. The molecule has 3 unspecified atom stereocenters. The van der Waals surface area contributed by atoms with Crippen LogP contribution in [0.5, 0.6) is 17.2 Å². The minimum Gasteiger partial charge on any atom is -0.492 e. The quantitative estimate of drug-likeness (QED) is 0.703. The number of likely N-dealkylation sites (tertiary alicyclic amines) is 1. The van der Waals surface area contributed by atoms with Crippen molar-refractivity contribution >= 4 is 11.8 Å². The molecule has 2 aromatic rings. The Morgan fingerprint density at radius 1 is 1.03 bits per heavy atom. The fraction of sp³-hybridized carbons (Fsp3) is 0.440. The van der Waals surface area contributed by atoms with E-state index < -0.39 is 6.04 Å². The van der Waals surface area contributed by atoms with Crippen LogP contribution < -0.4 is 19.5 Å². The fourth-order valence-corrected chi connectivity index (χ4v) is 5.14. The van der Waals surface area contributed by atoms with Gasteiger partial charge in [-0.3, -0.25) is 9.59 Å². The average molecular weight is 437 g/mol. The number of carbonyl (C=O) groups excluding carboxylic acids is 2. The van der Waals surface area contributed by atoms with Crippen LogP contribution in [0.15, 0.2) is 48.5 Å². The van der Waals surface area contributed by atoms with Crippen molar-refractivity contribution in [2.45, 2.75) is 44.2 Å². The first-order valence-corrected chi connectivity index (χ1v) is 11.4. The summed E-state index contributed by atoms with van der Waals surface area (Å²) in [6.45, 7) is 0.917. The normalized spacial score (nSPS) is 23.5. The molecule has 2 amide bonds. The van der Waals surface area contributed by atoms with Crippen LogP contribution in [0.25, 0.3) is 0 Å². The Bertz CT molecular complexity index is 980. The summed E-state index contributed by atoms with van der Waals surface area (Å²) in [6, 6.07) is 14.4. The number of carbonyl (C=O) groups is 2. The molecular weight excluding hydrogens is 408 g/mol. The van der Waals surface area contributed by atoms with Crippen LogP contribution in [0.3, 0.4) is 0 Å². The molecule has 1 saturated heterocycles. The number of fused-ring (bicyclic) bond motifs is 2.